The number of rotatable bonds is 8. The molecule has 0 bridgehead atoms. The minimum Gasteiger partial charge on any atom is -0.356 e. The van der Waals surface area contributed by atoms with Gasteiger partial charge in [0.1, 0.15) is 5.82 Å². The number of nitrogens with zero attached hydrogens (tertiary/aromatic N) is 3. The van der Waals surface area contributed by atoms with Gasteiger partial charge in [-0.05, 0) is 18.9 Å². The van der Waals surface area contributed by atoms with Crippen LogP contribution in [-0.4, -0.2) is 53.4 Å². The van der Waals surface area contributed by atoms with Gasteiger partial charge in [0.15, 0.2) is 5.96 Å². The molecule has 1 unspecified atom stereocenters. The first-order chi connectivity index (χ1) is 13.0. The summed E-state index contributed by atoms with van der Waals surface area (Å²) >= 11 is 0. The molecule has 0 aliphatic heterocycles. The third kappa shape index (κ3) is 6.44. The fraction of sp³-hybridized carbons (Fsp3) is 0.450. The highest BCUT2D eigenvalue weighted by Gasteiger charge is 2.11. The van der Waals surface area contributed by atoms with Gasteiger partial charge in [-0.15, -0.1) is 0 Å². The van der Waals surface area contributed by atoms with E-state index in [1.165, 1.54) is 0 Å². The summed E-state index contributed by atoms with van der Waals surface area (Å²) in [5, 5.41) is 6.18. The van der Waals surface area contributed by atoms with Gasteiger partial charge in [-0.25, -0.2) is 4.98 Å². The van der Waals surface area contributed by atoms with Crippen molar-refractivity contribution in [3.05, 3.63) is 42.4 Å². The van der Waals surface area contributed by atoms with E-state index in [2.05, 4.69) is 32.5 Å². The number of imidazole rings is 1. The number of aromatic nitrogens is 2. The van der Waals surface area contributed by atoms with Gasteiger partial charge in [-0.2, -0.15) is 0 Å². The van der Waals surface area contributed by atoms with Crippen LogP contribution in [0.2, 0.25) is 0 Å². The molecule has 0 aliphatic carbocycles. The molecule has 0 aliphatic rings. The largest absolute Gasteiger partial charge is 0.356 e. The second kappa shape index (κ2) is 10.4. The zero-order valence-electron chi connectivity index (χ0n) is 16.6. The highest BCUT2D eigenvalue weighted by molar-refractivity contribution is 5.81. The molecule has 27 heavy (non-hydrogen) atoms. The molecule has 1 aromatic heterocycles. The highest BCUT2D eigenvalue weighted by Crippen LogP contribution is 2.16. The summed E-state index contributed by atoms with van der Waals surface area (Å²) in [6.45, 7) is 5.18. The Morgan fingerprint density at radius 3 is 2.74 bits per heavy atom. The molecule has 2 aromatic rings. The standard InChI is InChI=1S/C20H30N6O/c1-5-15(2)24-19(27)11-12-22-20(21-3)26(4)14-18-23-13-17(25-18)16-9-7-6-8-10-16/h6-10,13,15H,5,11-12,14H2,1-4H3,(H,21,22)(H,23,25)(H,24,27). The van der Waals surface area contributed by atoms with Gasteiger partial charge in [0, 0.05) is 33.1 Å². The maximum atomic E-state index is 11.9. The minimum atomic E-state index is 0.0495. The molecule has 7 nitrogen and oxygen atoms in total. The van der Waals surface area contributed by atoms with E-state index in [1.54, 1.807) is 7.05 Å². The third-order valence-corrected chi connectivity index (χ3v) is 4.33. The maximum Gasteiger partial charge on any atom is 0.221 e. The Balaban J connectivity index is 1.84. The smallest absolute Gasteiger partial charge is 0.221 e. The quantitative estimate of drug-likeness (QED) is 0.492. The van der Waals surface area contributed by atoms with Crippen LogP contribution in [0.25, 0.3) is 11.3 Å². The number of carbonyl (C=O) groups excluding carboxylic acids is 1. The second-order valence-electron chi connectivity index (χ2n) is 6.57. The van der Waals surface area contributed by atoms with Crippen molar-refractivity contribution in [3.63, 3.8) is 0 Å². The van der Waals surface area contributed by atoms with Crippen molar-refractivity contribution in [2.75, 3.05) is 20.6 Å². The number of H-pyrrole nitrogens is 1. The first kappa shape index (κ1) is 20.5. The highest BCUT2D eigenvalue weighted by atomic mass is 16.1. The van der Waals surface area contributed by atoms with Crippen molar-refractivity contribution in [2.45, 2.75) is 39.3 Å². The van der Waals surface area contributed by atoms with Crippen molar-refractivity contribution in [3.8, 4) is 11.3 Å². The molecule has 1 heterocycles. The summed E-state index contributed by atoms with van der Waals surface area (Å²) in [5.74, 6) is 1.63. The Hall–Kier alpha value is -2.83. The molecular formula is C20H30N6O. The predicted molar refractivity (Wildman–Crippen MR) is 109 cm³/mol. The number of hydrogen-bond donors (Lipinski definition) is 3. The molecule has 0 saturated heterocycles. The monoisotopic (exact) mass is 370 g/mol. The van der Waals surface area contributed by atoms with E-state index in [0.717, 1.165) is 29.5 Å². The van der Waals surface area contributed by atoms with Crippen LogP contribution in [0, 0.1) is 0 Å². The molecule has 146 valence electrons. The molecule has 1 atom stereocenters. The fourth-order valence-electron chi connectivity index (χ4n) is 2.63. The molecule has 2 rings (SSSR count). The van der Waals surface area contributed by atoms with Gasteiger partial charge in [-0.1, -0.05) is 37.3 Å². The zero-order valence-corrected chi connectivity index (χ0v) is 16.6. The van der Waals surface area contributed by atoms with E-state index in [4.69, 9.17) is 0 Å². The number of aromatic amines is 1. The lowest BCUT2D eigenvalue weighted by atomic mass is 10.2. The third-order valence-electron chi connectivity index (χ3n) is 4.33. The Morgan fingerprint density at radius 1 is 1.33 bits per heavy atom. The van der Waals surface area contributed by atoms with Crippen LogP contribution < -0.4 is 10.6 Å². The van der Waals surface area contributed by atoms with Crippen LogP contribution in [0.1, 0.15) is 32.5 Å². The topological polar surface area (TPSA) is 85.4 Å². The van der Waals surface area contributed by atoms with Gasteiger partial charge in [0.25, 0.3) is 0 Å². The van der Waals surface area contributed by atoms with Gasteiger partial charge in [-0.3, -0.25) is 9.79 Å². The summed E-state index contributed by atoms with van der Waals surface area (Å²) in [6, 6.07) is 10.3. The van der Waals surface area contributed by atoms with Crippen LogP contribution >= 0.6 is 0 Å². The average molecular weight is 371 g/mol. The van der Waals surface area contributed by atoms with E-state index < -0.39 is 0 Å². The minimum absolute atomic E-state index is 0.0495. The Kier molecular flexibility index (Phi) is 7.85. The van der Waals surface area contributed by atoms with Gasteiger partial charge in [0.2, 0.25) is 5.91 Å². The van der Waals surface area contributed by atoms with E-state index in [9.17, 15) is 4.79 Å². The lowest BCUT2D eigenvalue weighted by molar-refractivity contribution is -0.121. The lowest BCUT2D eigenvalue weighted by Crippen LogP contribution is -2.41. The van der Waals surface area contributed by atoms with Crippen LogP contribution in [-0.2, 0) is 11.3 Å². The number of nitrogens with one attached hydrogen (secondary N) is 3. The van der Waals surface area contributed by atoms with Crippen molar-refractivity contribution < 1.29 is 4.79 Å². The first-order valence-corrected chi connectivity index (χ1v) is 9.34. The number of guanidine groups is 1. The van der Waals surface area contributed by atoms with Crippen LogP contribution in [0.15, 0.2) is 41.5 Å². The van der Waals surface area contributed by atoms with Crippen LogP contribution in [0.4, 0.5) is 0 Å². The maximum absolute atomic E-state index is 11.9. The van der Waals surface area contributed by atoms with E-state index in [-0.39, 0.29) is 11.9 Å². The van der Waals surface area contributed by atoms with Gasteiger partial charge < -0.3 is 20.5 Å². The van der Waals surface area contributed by atoms with E-state index >= 15 is 0 Å². The lowest BCUT2D eigenvalue weighted by Gasteiger charge is -2.21. The summed E-state index contributed by atoms with van der Waals surface area (Å²) in [6.07, 6.45) is 3.18. The number of benzene rings is 1. The number of amides is 1. The summed E-state index contributed by atoms with van der Waals surface area (Å²) in [5.41, 5.74) is 2.09. The molecule has 1 aromatic carbocycles. The molecule has 3 N–H and O–H groups in total. The van der Waals surface area contributed by atoms with Gasteiger partial charge in [0.05, 0.1) is 18.4 Å². The summed E-state index contributed by atoms with van der Waals surface area (Å²) in [7, 11) is 3.68. The van der Waals surface area contributed by atoms with Crippen molar-refractivity contribution >= 4 is 11.9 Å². The number of hydrogen-bond acceptors (Lipinski definition) is 3. The molecule has 0 fully saturated rings. The van der Waals surface area contributed by atoms with Crippen molar-refractivity contribution in [2.24, 2.45) is 4.99 Å². The van der Waals surface area contributed by atoms with E-state index in [1.807, 2.05) is 55.4 Å². The zero-order chi connectivity index (χ0) is 19.6. The average Bonchev–Trinajstić information content (AvgIpc) is 3.14. The molecule has 7 heteroatoms. The van der Waals surface area contributed by atoms with Crippen LogP contribution in [0.3, 0.4) is 0 Å². The first-order valence-electron chi connectivity index (χ1n) is 9.34. The molecule has 0 saturated carbocycles. The Labute approximate surface area is 161 Å². The Morgan fingerprint density at radius 2 is 2.07 bits per heavy atom. The fourth-order valence-corrected chi connectivity index (χ4v) is 2.63. The summed E-state index contributed by atoms with van der Waals surface area (Å²) in [4.78, 5) is 25.9. The predicted octanol–water partition coefficient (Wildman–Crippen LogP) is 2.39. The molecule has 0 radical (unpaired) electrons. The SMILES string of the molecule is CCC(C)NC(=O)CCNC(=NC)N(C)Cc1ncc(-c2ccccc2)[nH]1. The molecular weight excluding hydrogens is 340 g/mol. The summed E-state index contributed by atoms with van der Waals surface area (Å²) < 4.78 is 0. The second-order valence-corrected chi connectivity index (χ2v) is 6.57. The number of carbonyl (C=O) groups is 1. The number of aliphatic imine (C=N–C) groups is 1. The van der Waals surface area contributed by atoms with Crippen LogP contribution in [0.5, 0.6) is 0 Å². The van der Waals surface area contributed by atoms with E-state index in [0.29, 0.717) is 19.5 Å². The Bertz CT molecular complexity index is 740. The van der Waals surface area contributed by atoms with Gasteiger partial charge >= 0.3 is 0 Å². The van der Waals surface area contributed by atoms with Crippen molar-refractivity contribution in [1.29, 1.82) is 0 Å². The van der Waals surface area contributed by atoms with Crippen molar-refractivity contribution in [1.82, 2.24) is 25.5 Å². The normalized spacial score (nSPS) is 12.5. The molecule has 1 amide bonds. The molecule has 0 spiro atoms.